The van der Waals surface area contributed by atoms with Crippen molar-refractivity contribution < 1.29 is 44.2 Å². The molecule has 1 aromatic carbocycles. The fourth-order valence-corrected chi connectivity index (χ4v) is 2.54. The summed E-state index contributed by atoms with van der Waals surface area (Å²) in [7, 11) is 1.56. The number of aromatic carboxylic acids is 1. The number of nitrogens with zero attached hydrogens (tertiary/aromatic N) is 2. The SMILES string of the molecule is COc1ccc2nc(-n3cc(C)c(=O)c(C)c3C(=O)[O-])[nH]c2c1.[Na+]. The topological polar surface area (TPSA) is 100 Å². The molecule has 1 N–H and O–H groups in total. The van der Waals surface area contributed by atoms with Gasteiger partial charge >= 0.3 is 29.6 Å². The van der Waals surface area contributed by atoms with E-state index in [4.69, 9.17) is 4.74 Å². The normalized spacial score (nSPS) is 10.5. The Morgan fingerprint density at radius 1 is 1.33 bits per heavy atom. The van der Waals surface area contributed by atoms with Gasteiger partial charge in [-0.2, -0.15) is 0 Å². The number of carboxylic acid groups (broad SMARTS) is 1. The number of imidazole rings is 1. The Morgan fingerprint density at radius 3 is 2.67 bits per heavy atom. The van der Waals surface area contributed by atoms with Gasteiger partial charge in [-0.25, -0.2) is 4.98 Å². The third-order valence-corrected chi connectivity index (χ3v) is 3.72. The summed E-state index contributed by atoms with van der Waals surface area (Å²) in [4.78, 5) is 30.9. The molecule has 0 radical (unpaired) electrons. The summed E-state index contributed by atoms with van der Waals surface area (Å²) < 4.78 is 6.48. The molecule has 0 unspecified atom stereocenters. The number of carboxylic acids is 1. The molecule has 7 nitrogen and oxygen atoms in total. The maximum atomic E-state index is 12.0. The summed E-state index contributed by atoms with van der Waals surface area (Å²) in [5.74, 6) is -0.489. The molecule has 118 valence electrons. The van der Waals surface area contributed by atoms with Crippen LogP contribution in [-0.4, -0.2) is 27.6 Å². The zero-order chi connectivity index (χ0) is 16.7. The zero-order valence-corrected chi connectivity index (χ0v) is 15.8. The minimum atomic E-state index is -1.43. The van der Waals surface area contributed by atoms with Crippen LogP contribution in [0.4, 0.5) is 0 Å². The van der Waals surface area contributed by atoms with Gasteiger partial charge in [-0.3, -0.25) is 9.36 Å². The number of aryl methyl sites for hydroxylation is 1. The molecule has 0 saturated carbocycles. The van der Waals surface area contributed by atoms with Crippen LogP contribution in [-0.2, 0) is 0 Å². The molecule has 8 heteroatoms. The van der Waals surface area contributed by atoms with E-state index < -0.39 is 5.97 Å². The van der Waals surface area contributed by atoms with Crippen molar-refractivity contribution >= 4 is 17.0 Å². The number of hydrogen-bond donors (Lipinski definition) is 1. The molecule has 0 bridgehead atoms. The van der Waals surface area contributed by atoms with Gasteiger partial charge in [-0.1, -0.05) is 0 Å². The van der Waals surface area contributed by atoms with E-state index in [1.165, 1.54) is 17.7 Å². The smallest absolute Gasteiger partial charge is 0.543 e. The number of fused-ring (bicyclic) bond motifs is 1. The van der Waals surface area contributed by atoms with E-state index in [0.717, 1.165) is 0 Å². The quantitative estimate of drug-likeness (QED) is 0.543. The van der Waals surface area contributed by atoms with E-state index in [-0.39, 0.29) is 46.2 Å². The summed E-state index contributed by atoms with van der Waals surface area (Å²) in [5, 5.41) is 11.5. The fourth-order valence-electron chi connectivity index (χ4n) is 2.54. The maximum absolute atomic E-state index is 12.0. The minimum Gasteiger partial charge on any atom is -0.543 e. The summed E-state index contributed by atoms with van der Waals surface area (Å²) in [6, 6.07) is 5.27. The first-order valence-corrected chi connectivity index (χ1v) is 6.90. The molecule has 0 saturated heterocycles. The van der Waals surface area contributed by atoms with Crippen LogP contribution < -0.4 is 44.8 Å². The van der Waals surface area contributed by atoms with Crippen molar-refractivity contribution in [3.63, 3.8) is 0 Å². The number of H-pyrrole nitrogens is 1. The van der Waals surface area contributed by atoms with Gasteiger partial charge in [0.25, 0.3) is 0 Å². The van der Waals surface area contributed by atoms with Gasteiger partial charge in [-0.05, 0) is 26.0 Å². The van der Waals surface area contributed by atoms with E-state index in [2.05, 4.69) is 9.97 Å². The predicted octanol–water partition coefficient (Wildman–Crippen LogP) is -2.29. The Balaban J connectivity index is 0.00000208. The number of pyridine rings is 1. The molecule has 0 aliphatic carbocycles. The second-order valence-corrected chi connectivity index (χ2v) is 5.22. The molecule has 2 heterocycles. The van der Waals surface area contributed by atoms with Crippen molar-refractivity contribution in [2.75, 3.05) is 7.11 Å². The van der Waals surface area contributed by atoms with Gasteiger partial charge in [0.2, 0.25) is 5.95 Å². The zero-order valence-electron chi connectivity index (χ0n) is 13.8. The molecular formula is C16H14N3NaO4. The van der Waals surface area contributed by atoms with Crippen LogP contribution in [0.3, 0.4) is 0 Å². The number of methoxy groups -OCH3 is 1. The van der Waals surface area contributed by atoms with Gasteiger partial charge in [-0.15, -0.1) is 0 Å². The van der Waals surface area contributed by atoms with Crippen LogP contribution >= 0.6 is 0 Å². The van der Waals surface area contributed by atoms with E-state index in [9.17, 15) is 14.7 Å². The third-order valence-electron chi connectivity index (χ3n) is 3.72. The van der Waals surface area contributed by atoms with Crippen LogP contribution in [0, 0.1) is 13.8 Å². The molecule has 24 heavy (non-hydrogen) atoms. The minimum absolute atomic E-state index is 0. The monoisotopic (exact) mass is 335 g/mol. The van der Waals surface area contributed by atoms with E-state index in [0.29, 0.717) is 28.3 Å². The largest absolute Gasteiger partial charge is 1.00 e. The number of aromatic nitrogens is 3. The second-order valence-electron chi connectivity index (χ2n) is 5.22. The number of rotatable bonds is 3. The van der Waals surface area contributed by atoms with E-state index in [1.807, 2.05) is 0 Å². The Labute approximate surface area is 159 Å². The first-order chi connectivity index (χ1) is 10.9. The van der Waals surface area contributed by atoms with Crippen LogP contribution in [0.15, 0.2) is 29.2 Å². The van der Waals surface area contributed by atoms with Crippen molar-refractivity contribution in [1.82, 2.24) is 14.5 Å². The van der Waals surface area contributed by atoms with Gasteiger partial charge < -0.3 is 19.6 Å². The van der Waals surface area contributed by atoms with Crippen LogP contribution in [0.25, 0.3) is 17.0 Å². The van der Waals surface area contributed by atoms with Crippen LogP contribution in [0.2, 0.25) is 0 Å². The number of aromatic amines is 1. The average molecular weight is 335 g/mol. The van der Waals surface area contributed by atoms with Crippen molar-refractivity contribution in [3.05, 3.63) is 51.4 Å². The predicted molar refractivity (Wildman–Crippen MR) is 82.0 cm³/mol. The van der Waals surface area contributed by atoms with Crippen molar-refractivity contribution in [2.24, 2.45) is 0 Å². The molecule has 3 aromatic rings. The van der Waals surface area contributed by atoms with Gasteiger partial charge in [0, 0.05) is 23.4 Å². The van der Waals surface area contributed by atoms with Crippen molar-refractivity contribution in [3.8, 4) is 11.7 Å². The van der Waals surface area contributed by atoms with E-state index in [1.54, 1.807) is 32.2 Å². The van der Waals surface area contributed by atoms with Gasteiger partial charge in [0.1, 0.15) is 5.75 Å². The Hall–Kier alpha value is -2.09. The Morgan fingerprint density at radius 2 is 2.04 bits per heavy atom. The Kier molecular flexibility index (Phi) is 5.17. The second kappa shape index (κ2) is 6.80. The number of carbonyl (C=O) groups is 1. The molecule has 0 spiro atoms. The average Bonchev–Trinajstić information content (AvgIpc) is 2.94. The summed E-state index contributed by atoms with van der Waals surface area (Å²) in [6.45, 7) is 3.08. The fraction of sp³-hybridized carbons (Fsp3) is 0.188. The van der Waals surface area contributed by atoms with Crippen molar-refractivity contribution in [1.29, 1.82) is 0 Å². The summed E-state index contributed by atoms with van der Waals surface area (Å²) >= 11 is 0. The number of nitrogens with one attached hydrogen (secondary N) is 1. The first kappa shape index (κ1) is 18.3. The summed E-state index contributed by atoms with van der Waals surface area (Å²) in [5.41, 5.74) is 1.34. The number of hydrogen-bond acceptors (Lipinski definition) is 5. The Bertz CT molecular complexity index is 991. The maximum Gasteiger partial charge on any atom is 1.00 e. The summed E-state index contributed by atoms with van der Waals surface area (Å²) in [6.07, 6.45) is 1.44. The molecule has 0 amide bonds. The van der Waals surface area contributed by atoms with Crippen LogP contribution in [0.1, 0.15) is 21.6 Å². The first-order valence-electron chi connectivity index (χ1n) is 6.90. The molecule has 0 fully saturated rings. The number of ether oxygens (including phenoxy) is 1. The molecule has 0 aliphatic rings. The molecular weight excluding hydrogens is 321 g/mol. The third kappa shape index (κ3) is 2.98. The van der Waals surface area contributed by atoms with Gasteiger partial charge in [0.05, 0.1) is 29.8 Å². The number of carbonyl (C=O) groups excluding carboxylic acids is 1. The standard InChI is InChI=1S/C16H15N3O4.Na/c1-8-7-19(13(15(21)22)9(2)14(8)20)16-17-11-5-4-10(23-3)6-12(11)18-16;/h4-7H,1-3H3,(H,17,18)(H,21,22);/q;+1/p-1. The molecule has 3 rings (SSSR count). The van der Waals surface area contributed by atoms with Crippen LogP contribution in [0.5, 0.6) is 5.75 Å². The van der Waals surface area contributed by atoms with Crippen molar-refractivity contribution in [2.45, 2.75) is 13.8 Å². The molecule has 0 atom stereocenters. The van der Waals surface area contributed by atoms with E-state index >= 15 is 0 Å². The molecule has 2 aromatic heterocycles. The molecule has 0 aliphatic heterocycles. The number of benzene rings is 1. The van der Waals surface area contributed by atoms with Gasteiger partial charge in [0.15, 0.2) is 5.43 Å².